The Morgan fingerprint density at radius 2 is 1.83 bits per heavy atom. The van der Waals surface area contributed by atoms with Gasteiger partial charge in [0.1, 0.15) is 0 Å². The lowest BCUT2D eigenvalue weighted by molar-refractivity contribution is -0.126. The van der Waals surface area contributed by atoms with Crippen molar-refractivity contribution in [1.82, 2.24) is 25.1 Å². The summed E-state index contributed by atoms with van der Waals surface area (Å²) in [5, 5.41) is 6.32. The van der Waals surface area contributed by atoms with E-state index in [1.807, 2.05) is 43.0 Å². The number of nitrogens with zero attached hydrogens (tertiary/aromatic N) is 4. The molecule has 2 heterocycles. The number of aromatic nitrogens is 2. The summed E-state index contributed by atoms with van der Waals surface area (Å²) in [6.07, 6.45) is 5.50. The molecule has 2 amide bonds. The van der Waals surface area contributed by atoms with Crippen LogP contribution in [0.4, 0.5) is 11.6 Å². The molecule has 9 heteroatoms. The van der Waals surface area contributed by atoms with Gasteiger partial charge in [0.2, 0.25) is 11.9 Å². The van der Waals surface area contributed by atoms with Crippen LogP contribution in [0, 0.1) is 11.8 Å². The molecule has 2 N–H and O–H groups in total. The Morgan fingerprint density at radius 1 is 1.11 bits per heavy atom. The predicted molar refractivity (Wildman–Crippen MR) is 141 cm³/mol. The van der Waals surface area contributed by atoms with Gasteiger partial charge in [0, 0.05) is 55.6 Å². The fourth-order valence-electron chi connectivity index (χ4n) is 4.89. The number of anilines is 2. The number of piperazine rings is 1. The summed E-state index contributed by atoms with van der Waals surface area (Å²) in [6, 6.07) is 7.61. The molecule has 0 radical (unpaired) electrons. The Morgan fingerprint density at radius 3 is 2.51 bits per heavy atom. The summed E-state index contributed by atoms with van der Waals surface area (Å²) in [5.41, 5.74) is 2.41. The molecule has 1 aromatic carbocycles. The Labute approximate surface area is 216 Å². The molecule has 8 nitrogen and oxygen atoms in total. The van der Waals surface area contributed by atoms with E-state index in [1.165, 1.54) is 0 Å². The number of carbonyl (C=O) groups is 2. The summed E-state index contributed by atoms with van der Waals surface area (Å²) in [5.74, 6) is 1.02. The fourth-order valence-corrected chi connectivity index (χ4v) is 5.24. The molecule has 2 aromatic rings. The quantitative estimate of drug-likeness (QED) is 0.552. The van der Waals surface area contributed by atoms with Crippen LogP contribution in [0.5, 0.6) is 0 Å². The van der Waals surface area contributed by atoms with Gasteiger partial charge in [-0.3, -0.25) is 9.59 Å². The zero-order chi connectivity index (χ0) is 24.9. The first-order valence-corrected chi connectivity index (χ1v) is 13.3. The van der Waals surface area contributed by atoms with Crippen LogP contribution in [0.2, 0.25) is 0 Å². The number of hydrogen-bond acceptors (Lipinski definition) is 6. The Hall–Kier alpha value is -2.52. The second-order valence-corrected chi connectivity index (χ2v) is 10.8. The van der Waals surface area contributed by atoms with E-state index in [-0.39, 0.29) is 29.7 Å². The molecule has 0 unspecified atom stereocenters. The van der Waals surface area contributed by atoms with Crippen molar-refractivity contribution in [3.63, 3.8) is 0 Å². The number of amides is 2. The minimum absolute atomic E-state index is 0.0288. The van der Waals surface area contributed by atoms with Crippen LogP contribution in [0.1, 0.15) is 49.2 Å². The van der Waals surface area contributed by atoms with E-state index in [4.69, 9.17) is 4.98 Å². The van der Waals surface area contributed by atoms with Crippen LogP contribution < -0.4 is 10.6 Å². The van der Waals surface area contributed by atoms with Crippen LogP contribution >= 0.6 is 15.9 Å². The highest BCUT2D eigenvalue weighted by Crippen LogP contribution is 2.35. The van der Waals surface area contributed by atoms with Crippen LogP contribution in [0.3, 0.4) is 0 Å². The third-order valence-corrected chi connectivity index (χ3v) is 7.54. The van der Waals surface area contributed by atoms with Gasteiger partial charge in [-0.1, -0.05) is 6.42 Å². The van der Waals surface area contributed by atoms with Crippen molar-refractivity contribution >= 4 is 39.4 Å². The normalized spacial score (nSPS) is 20.8. The molecule has 1 saturated carbocycles. The first-order valence-electron chi connectivity index (χ1n) is 12.5. The highest BCUT2D eigenvalue weighted by Gasteiger charge is 2.34. The van der Waals surface area contributed by atoms with Crippen LogP contribution in [-0.2, 0) is 11.2 Å². The first-order chi connectivity index (χ1) is 16.8. The van der Waals surface area contributed by atoms with Gasteiger partial charge >= 0.3 is 0 Å². The maximum atomic E-state index is 12.8. The van der Waals surface area contributed by atoms with Crippen molar-refractivity contribution in [3.05, 3.63) is 46.2 Å². The topological polar surface area (TPSA) is 90.5 Å². The van der Waals surface area contributed by atoms with Gasteiger partial charge < -0.3 is 20.4 Å². The van der Waals surface area contributed by atoms with Gasteiger partial charge in [0.15, 0.2) is 0 Å². The molecule has 1 aromatic heterocycles. The first kappa shape index (κ1) is 25.6. The minimum atomic E-state index is 0.0288. The standard InChI is InChI=1S/C26H35BrN6O2/c1-17(2)29-24(34)21-6-4-5-19(21)15-23-22(27)16-28-26(31-23)30-20-9-7-18(8-10-20)25(35)33-13-11-32(3)12-14-33/h7-10,16-17,19,21H,4-6,11-15H2,1-3H3,(H,29,34)(H,28,30,31)/t19-,21-/m0/s1. The zero-order valence-electron chi connectivity index (χ0n) is 20.8. The van der Waals surface area contributed by atoms with E-state index in [1.54, 1.807) is 6.20 Å². The SMILES string of the molecule is CC(C)NC(=O)[C@H]1CCC[C@H]1Cc1nc(Nc2ccc(C(=O)N3CCN(C)CC3)cc2)ncc1Br. The number of benzene rings is 1. The highest BCUT2D eigenvalue weighted by atomic mass is 79.9. The molecule has 188 valence electrons. The average molecular weight is 544 g/mol. The number of rotatable bonds is 7. The van der Waals surface area contributed by atoms with Crippen LogP contribution in [0.25, 0.3) is 0 Å². The lowest BCUT2D eigenvalue weighted by atomic mass is 9.90. The van der Waals surface area contributed by atoms with Crippen LogP contribution in [-0.4, -0.2) is 70.9 Å². The minimum Gasteiger partial charge on any atom is -0.354 e. The Kier molecular flexibility index (Phi) is 8.38. The molecular formula is C26H35BrN6O2. The van der Waals surface area contributed by atoms with Gasteiger partial charge in [0.25, 0.3) is 5.91 Å². The largest absolute Gasteiger partial charge is 0.354 e. The number of halogens is 1. The van der Waals surface area contributed by atoms with E-state index >= 15 is 0 Å². The molecule has 1 saturated heterocycles. The van der Waals surface area contributed by atoms with Gasteiger partial charge in [-0.2, -0.15) is 0 Å². The van der Waals surface area contributed by atoms with Crippen molar-refractivity contribution in [2.75, 3.05) is 38.5 Å². The maximum Gasteiger partial charge on any atom is 0.253 e. The second-order valence-electron chi connectivity index (χ2n) is 9.95. The molecule has 4 rings (SSSR count). The molecule has 0 bridgehead atoms. The third-order valence-electron chi connectivity index (χ3n) is 6.88. The lowest BCUT2D eigenvalue weighted by Gasteiger charge is -2.32. The van der Waals surface area contributed by atoms with Crippen LogP contribution in [0.15, 0.2) is 34.9 Å². The lowest BCUT2D eigenvalue weighted by Crippen LogP contribution is -2.47. The summed E-state index contributed by atoms with van der Waals surface area (Å²) in [6.45, 7) is 7.31. The van der Waals surface area contributed by atoms with E-state index in [2.05, 4.69) is 43.5 Å². The van der Waals surface area contributed by atoms with Gasteiger partial charge in [-0.05, 0) is 86.3 Å². The highest BCUT2D eigenvalue weighted by molar-refractivity contribution is 9.10. The molecule has 2 atom stereocenters. The molecular weight excluding hydrogens is 508 g/mol. The van der Waals surface area contributed by atoms with E-state index in [9.17, 15) is 9.59 Å². The molecule has 2 aliphatic rings. The van der Waals surface area contributed by atoms with Crippen molar-refractivity contribution in [2.24, 2.45) is 11.8 Å². The average Bonchev–Trinajstić information content (AvgIpc) is 3.30. The number of likely N-dealkylation sites (N-methyl/N-ethyl adjacent to an activating group) is 1. The van der Waals surface area contributed by atoms with Crippen molar-refractivity contribution in [1.29, 1.82) is 0 Å². The van der Waals surface area contributed by atoms with Gasteiger partial charge in [-0.15, -0.1) is 0 Å². The zero-order valence-corrected chi connectivity index (χ0v) is 22.3. The molecule has 1 aliphatic heterocycles. The van der Waals surface area contributed by atoms with Crippen molar-refractivity contribution < 1.29 is 9.59 Å². The Balaban J connectivity index is 1.40. The smallest absolute Gasteiger partial charge is 0.253 e. The summed E-state index contributed by atoms with van der Waals surface area (Å²) < 4.78 is 0.853. The summed E-state index contributed by atoms with van der Waals surface area (Å²) in [4.78, 5) is 38.7. The van der Waals surface area contributed by atoms with E-state index in [0.717, 1.165) is 67.7 Å². The van der Waals surface area contributed by atoms with Gasteiger partial charge in [0.05, 0.1) is 10.2 Å². The van der Waals surface area contributed by atoms with E-state index < -0.39 is 0 Å². The van der Waals surface area contributed by atoms with Gasteiger partial charge in [-0.25, -0.2) is 9.97 Å². The summed E-state index contributed by atoms with van der Waals surface area (Å²) >= 11 is 3.59. The third kappa shape index (κ3) is 6.58. The number of carbonyl (C=O) groups excluding carboxylic acids is 2. The monoisotopic (exact) mass is 542 g/mol. The number of hydrogen-bond donors (Lipinski definition) is 2. The Bertz CT molecular complexity index is 1040. The number of nitrogens with one attached hydrogen (secondary N) is 2. The summed E-state index contributed by atoms with van der Waals surface area (Å²) in [7, 11) is 2.08. The molecule has 2 fully saturated rings. The van der Waals surface area contributed by atoms with Crippen molar-refractivity contribution in [2.45, 2.75) is 45.6 Å². The molecule has 35 heavy (non-hydrogen) atoms. The second kappa shape index (κ2) is 11.5. The molecule has 1 aliphatic carbocycles. The maximum absolute atomic E-state index is 12.8. The van der Waals surface area contributed by atoms with E-state index in [0.29, 0.717) is 11.5 Å². The van der Waals surface area contributed by atoms with Crippen molar-refractivity contribution in [3.8, 4) is 0 Å². The predicted octanol–water partition coefficient (Wildman–Crippen LogP) is 3.85. The molecule has 0 spiro atoms. The fraction of sp³-hybridized carbons (Fsp3) is 0.538.